The number of nitrogens with one attached hydrogen (secondary N) is 1. The van der Waals surface area contributed by atoms with Crippen LogP contribution in [0.15, 0.2) is 12.1 Å². The molecule has 5 nitrogen and oxygen atoms in total. The van der Waals surface area contributed by atoms with Crippen LogP contribution < -0.4 is 11.1 Å². The van der Waals surface area contributed by atoms with Gasteiger partial charge in [0.1, 0.15) is 6.54 Å². The SMILES string of the molecule is Nc1cc(Cl)c(Cl)c(C(=O)OCC(=O)NCC(F)(F)F)c1. The highest BCUT2D eigenvalue weighted by Crippen LogP contribution is 2.29. The van der Waals surface area contributed by atoms with Crippen LogP contribution in [0, 0.1) is 0 Å². The number of ether oxygens (including phenoxy) is 1. The molecule has 0 unspecified atom stereocenters. The van der Waals surface area contributed by atoms with E-state index in [0.717, 1.165) is 0 Å². The van der Waals surface area contributed by atoms with Gasteiger partial charge in [0.25, 0.3) is 5.91 Å². The zero-order valence-electron chi connectivity index (χ0n) is 10.3. The van der Waals surface area contributed by atoms with Gasteiger partial charge in [-0.1, -0.05) is 23.2 Å². The number of esters is 1. The second kappa shape index (κ2) is 6.86. The summed E-state index contributed by atoms with van der Waals surface area (Å²) in [5, 5.41) is 1.41. The highest BCUT2D eigenvalue weighted by Gasteiger charge is 2.28. The highest BCUT2D eigenvalue weighted by molar-refractivity contribution is 6.44. The van der Waals surface area contributed by atoms with E-state index >= 15 is 0 Å². The number of hydrogen-bond donors (Lipinski definition) is 2. The molecule has 116 valence electrons. The fourth-order valence-electron chi connectivity index (χ4n) is 1.22. The molecule has 0 aliphatic carbocycles. The van der Waals surface area contributed by atoms with Gasteiger partial charge in [0, 0.05) is 5.69 Å². The molecule has 0 fully saturated rings. The summed E-state index contributed by atoms with van der Waals surface area (Å²) >= 11 is 11.5. The molecule has 0 bridgehead atoms. The lowest BCUT2D eigenvalue weighted by molar-refractivity contribution is -0.140. The van der Waals surface area contributed by atoms with Crippen LogP contribution >= 0.6 is 23.2 Å². The maximum atomic E-state index is 11.9. The number of nitrogens with two attached hydrogens (primary N) is 1. The van der Waals surface area contributed by atoms with Gasteiger partial charge in [-0.15, -0.1) is 0 Å². The van der Waals surface area contributed by atoms with E-state index in [-0.39, 0.29) is 21.3 Å². The fraction of sp³-hybridized carbons (Fsp3) is 0.273. The van der Waals surface area contributed by atoms with Gasteiger partial charge in [0.05, 0.1) is 15.6 Å². The molecule has 1 amide bonds. The average Bonchev–Trinajstić information content (AvgIpc) is 2.36. The van der Waals surface area contributed by atoms with Crippen LogP contribution in [-0.2, 0) is 9.53 Å². The molecule has 1 aromatic carbocycles. The van der Waals surface area contributed by atoms with Gasteiger partial charge >= 0.3 is 12.1 Å². The zero-order chi connectivity index (χ0) is 16.2. The number of carbonyl (C=O) groups is 2. The number of amides is 1. The van der Waals surface area contributed by atoms with E-state index in [4.69, 9.17) is 28.9 Å². The smallest absolute Gasteiger partial charge is 0.405 e. The van der Waals surface area contributed by atoms with E-state index in [9.17, 15) is 22.8 Å². The molecule has 21 heavy (non-hydrogen) atoms. The molecule has 1 rings (SSSR count). The van der Waals surface area contributed by atoms with E-state index in [1.165, 1.54) is 12.1 Å². The number of benzene rings is 1. The lowest BCUT2D eigenvalue weighted by atomic mass is 10.2. The lowest BCUT2D eigenvalue weighted by Crippen LogP contribution is -2.36. The van der Waals surface area contributed by atoms with Crippen molar-refractivity contribution < 1.29 is 27.5 Å². The maximum absolute atomic E-state index is 11.9. The minimum atomic E-state index is -4.55. The van der Waals surface area contributed by atoms with Crippen molar-refractivity contribution in [3.63, 3.8) is 0 Å². The Morgan fingerprint density at radius 3 is 2.48 bits per heavy atom. The summed E-state index contributed by atoms with van der Waals surface area (Å²) in [5.41, 5.74) is 5.41. The van der Waals surface area contributed by atoms with Crippen LogP contribution in [0.25, 0.3) is 0 Å². The van der Waals surface area contributed by atoms with E-state index in [0.29, 0.717) is 0 Å². The molecule has 0 spiro atoms. The normalized spacial score (nSPS) is 11.1. The van der Waals surface area contributed by atoms with Crippen LogP contribution in [0.1, 0.15) is 10.4 Å². The largest absolute Gasteiger partial charge is 0.452 e. The second-order valence-corrected chi connectivity index (χ2v) is 4.62. The van der Waals surface area contributed by atoms with Gasteiger partial charge in [-0.2, -0.15) is 13.2 Å². The van der Waals surface area contributed by atoms with E-state index in [1.807, 2.05) is 0 Å². The summed E-state index contributed by atoms with van der Waals surface area (Å²) in [4.78, 5) is 22.7. The summed E-state index contributed by atoms with van der Waals surface area (Å²) in [7, 11) is 0. The quantitative estimate of drug-likeness (QED) is 0.649. The molecule has 0 saturated heterocycles. The van der Waals surface area contributed by atoms with Gasteiger partial charge in [0.15, 0.2) is 6.61 Å². The van der Waals surface area contributed by atoms with Crippen molar-refractivity contribution in [3.8, 4) is 0 Å². The van der Waals surface area contributed by atoms with Gasteiger partial charge in [-0.25, -0.2) is 4.79 Å². The summed E-state index contributed by atoms with van der Waals surface area (Å²) in [6, 6.07) is 2.47. The van der Waals surface area contributed by atoms with Gasteiger partial charge in [-0.05, 0) is 12.1 Å². The highest BCUT2D eigenvalue weighted by atomic mass is 35.5. The van der Waals surface area contributed by atoms with Gasteiger partial charge in [-0.3, -0.25) is 4.79 Å². The maximum Gasteiger partial charge on any atom is 0.405 e. The number of anilines is 1. The number of hydrogen-bond acceptors (Lipinski definition) is 4. The first-order valence-electron chi connectivity index (χ1n) is 5.35. The third-order valence-corrected chi connectivity index (χ3v) is 2.89. The molecule has 10 heteroatoms. The second-order valence-electron chi connectivity index (χ2n) is 3.83. The van der Waals surface area contributed by atoms with Crippen molar-refractivity contribution in [1.82, 2.24) is 5.32 Å². The summed E-state index contributed by atoms with van der Waals surface area (Å²) in [5.74, 6) is -2.14. The molecule has 0 heterocycles. The summed E-state index contributed by atoms with van der Waals surface area (Å²) in [6.07, 6.45) is -4.55. The van der Waals surface area contributed by atoms with Crippen molar-refractivity contribution in [2.75, 3.05) is 18.9 Å². The minimum Gasteiger partial charge on any atom is -0.452 e. The van der Waals surface area contributed by atoms with Crippen LogP contribution in [0.4, 0.5) is 18.9 Å². The topological polar surface area (TPSA) is 81.4 Å². The van der Waals surface area contributed by atoms with Crippen molar-refractivity contribution in [2.24, 2.45) is 0 Å². The molecule has 0 aliphatic rings. The standard InChI is InChI=1S/C11H9Cl2F3N2O3/c12-7-2-5(17)1-6(9(7)13)10(20)21-3-8(19)18-4-11(14,15)16/h1-2H,3-4,17H2,(H,18,19). The van der Waals surface area contributed by atoms with Crippen molar-refractivity contribution in [3.05, 3.63) is 27.7 Å². The predicted octanol–water partition coefficient (Wildman–Crippen LogP) is 2.41. The van der Waals surface area contributed by atoms with Crippen LogP contribution in [0.2, 0.25) is 10.0 Å². The Labute approximate surface area is 127 Å². The minimum absolute atomic E-state index is 0.00476. The Kier molecular flexibility index (Phi) is 5.68. The molecular weight excluding hydrogens is 336 g/mol. The lowest BCUT2D eigenvalue weighted by Gasteiger charge is -2.10. The molecule has 0 aliphatic heterocycles. The zero-order valence-corrected chi connectivity index (χ0v) is 11.8. The number of halogens is 5. The summed E-state index contributed by atoms with van der Waals surface area (Å²) in [6.45, 7) is -2.41. The first-order chi connectivity index (χ1) is 9.60. The molecule has 0 aromatic heterocycles. The van der Waals surface area contributed by atoms with Crippen LogP contribution in [0.3, 0.4) is 0 Å². The van der Waals surface area contributed by atoms with E-state index in [1.54, 1.807) is 5.32 Å². The third kappa shape index (κ3) is 5.68. The molecule has 3 N–H and O–H groups in total. The Bertz CT molecular complexity index is 564. The molecule has 0 radical (unpaired) electrons. The number of rotatable bonds is 4. The third-order valence-electron chi connectivity index (χ3n) is 2.09. The first kappa shape index (κ1) is 17.4. The molecule has 0 saturated carbocycles. The molecular formula is C11H9Cl2F3N2O3. The van der Waals surface area contributed by atoms with Gasteiger partial charge in [0.2, 0.25) is 0 Å². The van der Waals surface area contributed by atoms with Crippen molar-refractivity contribution in [2.45, 2.75) is 6.18 Å². The molecule has 1 aromatic rings. The Morgan fingerprint density at radius 1 is 1.29 bits per heavy atom. The molecule has 0 atom stereocenters. The number of nitrogen functional groups attached to an aromatic ring is 1. The first-order valence-corrected chi connectivity index (χ1v) is 6.11. The predicted molar refractivity (Wildman–Crippen MR) is 70.2 cm³/mol. The fourth-order valence-corrected chi connectivity index (χ4v) is 1.63. The number of carbonyl (C=O) groups excluding carboxylic acids is 2. The Hall–Kier alpha value is -1.67. The average molecular weight is 345 g/mol. The van der Waals surface area contributed by atoms with E-state index < -0.39 is 31.2 Å². The summed E-state index contributed by atoms with van der Waals surface area (Å²) < 4.78 is 40.1. The Balaban J connectivity index is 2.61. The monoisotopic (exact) mass is 344 g/mol. The van der Waals surface area contributed by atoms with Gasteiger partial charge < -0.3 is 15.8 Å². The van der Waals surface area contributed by atoms with Crippen LogP contribution in [-0.4, -0.2) is 31.2 Å². The van der Waals surface area contributed by atoms with Crippen molar-refractivity contribution >= 4 is 40.8 Å². The number of alkyl halides is 3. The van der Waals surface area contributed by atoms with Crippen LogP contribution in [0.5, 0.6) is 0 Å². The Morgan fingerprint density at radius 2 is 1.90 bits per heavy atom. The van der Waals surface area contributed by atoms with E-state index in [2.05, 4.69) is 4.74 Å². The van der Waals surface area contributed by atoms with Crippen molar-refractivity contribution in [1.29, 1.82) is 0 Å².